The Labute approximate surface area is 133 Å². The van der Waals surface area contributed by atoms with E-state index in [1.807, 2.05) is 13.0 Å². The molecule has 0 aliphatic heterocycles. The molecule has 0 N–H and O–H groups in total. The molecule has 2 rings (SSSR count). The Balaban J connectivity index is 2.08. The van der Waals surface area contributed by atoms with E-state index in [1.165, 1.54) is 23.5 Å². The minimum absolute atomic E-state index is 0.0932. The smallest absolute Gasteiger partial charge is 0.287 e. The zero-order chi connectivity index (χ0) is 15.4. The van der Waals surface area contributed by atoms with Crippen LogP contribution in [0.1, 0.15) is 21.5 Å². The first-order chi connectivity index (χ1) is 10.0. The van der Waals surface area contributed by atoms with Crippen molar-refractivity contribution in [2.45, 2.75) is 13.3 Å². The van der Waals surface area contributed by atoms with Gasteiger partial charge < -0.3 is 4.74 Å². The first kappa shape index (κ1) is 15.7. The van der Waals surface area contributed by atoms with Crippen LogP contribution in [0.25, 0.3) is 0 Å². The van der Waals surface area contributed by atoms with Crippen molar-refractivity contribution in [1.29, 1.82) is 0 Å². The molecule has 0 bridgehead atoms. The van der Waals surface area contributed by atoms with Crippen LogP contribution in [0.15, 0.2) is 34.8 Å². The predicted octanol–water partition coefficient (Wildman–Crippen LogP) is 4.24. The molecule has 0 saturated carbocycles. The number of thiophene rings is 1. The number of rotatable bonds is 6. The second kappa shape index (κ2) is 6.82. The van der Waals surface area contributed by atoms with Crippen LogP contribution < -0.4 is 4.74 Å². The summed E-state index contributed by atoms with van der Waals surface area (Å²) in [5.41, 5.74) is -0.0932. The molecule has 0 radical (unpaired) electrons. The van der Waals surface area contributed by atoms with E-state index >= 15 is 0 Å². The lowest BCUT2D eigenvalue weighted by molar-refractivity contribution is -0.385. The summed E-state index contributed by atoms with van der Waals surface area (Å²) >= 11 is 4.57. The van der Waals surface area contributed by atoms with Gasteiger partial charge in [0.05, 0.1) is 9.80 Å². The maximum Gasteiger partial charge on any atom is 0.287 e. The SMILES string of the molecule is CCc1ccc(C(=O)COc2cccc([N+](=O)[O-])c2Br)s1. The van der Waals surface area contributed by atoms with Crippen molar-refractivity contribution < 1.29 is 14.5 Å². The van der Waals surface area contributed by atoms with E-state index in [-0.39, 0.29) is 28.3 Å². The maximum absolute atomic E-state index is 12.0. The Kier molecular flexibility index (Phi) is 5.08. The molecular formula is C14H12BrNO4S. The number of ketones is 1. The van der Waals surface area contributed by atoms with Gasteiger partial charge in [0.15, 0.2) is 6.61 Å². The lowest BCUT2D eigenvalue weighted by atomic mass is 10.3. The number of carbonyl (C=O) groups is 1. The molecule has 2 aromatic rings. The number of Topliss-reactive ketones (excluding diaryl/α,β-unsaturated/α-hetero) is 1. The van der Waals surface area contributed by atoms with Gasteiger partial charge in [-0.15, -0.1) is 11.3 Å². The molecule has 7 heteroatoms. The molecule has 1 aromatic carbocycles. The number of nitrogens with zero attached hydrogens (tertiary/aromatic N) is 1. The van der Waals surface area contributed by atoms with Crippen LogP contribution in [0, 0.1) is 10.1 Å². The van der Waals surface area contributed by atoms with E-state index < -0.39 is 4.92 Å². The molecule has 0 aliphatic carbocycles. The normalized spacial score (nSPS) is 10.4. The van der Waals surface area contributed by atoms with Gasteiger partial charge in [-0.3, -0.25) is 14.9 Å². The van der Waals surface area contributed by atoms with Crippen molar-refractivity contribution in [2.24, 2.45) is 0 Å². The van der Waals surface area contributed by atoms with Crippen molar-refractivity contribution in [2.75, 3.05) is 6.61 Å². The van der Waals surface area contributed by atoms with Crippen LogP contribution in [0.5, 0.6) is 5.75 Å². The third-order valence-electron chi connectivity index (χ3n) is 2.78. The van der Waals surface area contributed by atoms with E-state index in [9.17, 15) is 14.9 Å². The molecular weight excluding hydrogens is 358 g/mol. The van der Waals surface area contributed by atoms with Crippen LogP contribution in [0.3, 0.4) is 0 Å². The highest BCUT2D eigenvalue weighted by molar-refractivity contribution is 9.10. The van der Waals surface area contributed by atoms with Gasteiger partial charge in [-0.2, -0.15) is 0 Å². The van der Waals surface area contributed by atoms with Crippen molar-refractivity contribution in [3.63, 3.8) is 0 Å². The molecule has 0 atom stereocenters. The summed E-state index contributed by atoms with van der Waals surface area (Å²) < 4.78 is 5.63. The lowest BCUT2D eigenvalue weighted by Crippen LogP contribution is -2.10. The molecule has 0 unspecified atom stereocenters. The fourth-order valence-electron chi connectivity index (χ4n) is 1.68. The lowest BCUT2D eigenvalue weighted by Gasteiger charge is -2.06. The number of ether oxygens (including phenoxy) is 1. The minimum atomic E-state index is -0.508. The number of nitro benzene ring substituents is 1. The molecule has 1 aromatic heterocycles. The van der Waals surface area contributed by atoms with Crippen LogP contribution in [-0.2, 0) is 6.42 Å². The Bertz CT molecular complexity index is 683. The maximum atomic E-state index is 12.0. The van der Waals surface area contributed by atoms with Crippen molar-refractivity contribution in [3.05, 3.63) is 54.7 Å². The Morgan fingerprint density at radius 3 is 2.76 bits per heavy atom. The number of hydrogen-bond donors (Lipinski definition) is 0. The van der Waals surface area contributed by atoms with E-state index in [0.29, 0.717) is 4.88 Å². The molecule has 0 aliphatic rings. The van der Waals surface area contributed by atoms with Crippen LogP contribution >= 0.6 is 27.3 Å². The Morgan fingerprint density at radius 1 is 1.38 bits per heavy atom. The minimum Gasteiger partial charge on any atom is -0.484 e. The highest BCUT2D eigenvalue weighted by Gasteiger charge is 2.17. The fourth-order valence-corrected chi connectivity index (χ4v) is 3.08. The average molecular weight is 370 g/mol. The molecule has 110 valence electrons. The second-order valence-corrected chi connectivity index (χ2v) is 6.14. The van der Waals surface area contributed by atoms with E-state index in [4.69, 9.17) is 4.74 Å². The van der Waals surface area contributed by atoms with Crippen LogP contribution in [0.2, 0.25) is 0 Å². The number of benzene rings is 1. The van der Waals surface area contributed by atoms with Crippen molar-refractivity contribution in [3.8, 4) is 5.75 Å². The Hall–Kier alpha value is -1.73. The summed E-state index contributed by atoms with van der Waals surface area (Å²) in [5, 5.41) is 10.8. The van der Waals surface area contributed by atoms with Crippen molar-refractivity contribution in [1.82, 2.24) is 0 Å². The number of hydrogen-bond acceptors (Lipinski definition) is 5. The van der Waals surface area contributed by atoms with Gasteiger partial charge in [-0.1, -0.05) is 13.0 Å². The fraction of sp³-hybridized carbons (Fsp3) is 0.214. The number of halogens is 1. The topological polar surface area (TPSA) is 69.4 Å². The van der Waals surface area contributed by atoms with Crippen LogP contribution in [-0.4, -0.2) is 17.3 Å². The number of nitro groups is 1. The summed E-state index contributed by atoms with van der Waals surface area (Å²) in [6.45, 7) is 1.88. The van der Waals surface area contributed by atoms with E-state index in [1.54, 1.807) is 12.1 Å². The van der Waals surface area contributed by atoms with Gasteiger partial charge in [0.1, 0.15) is 10.2 Å². The summed E-state index contributed by atoms with van der Waals surface area (Å²) in [7, 11) is 0. The average Bonchev–Trinajstić information content (AvgIpc) is 2.94. The predicted molar refractivity (Wildman–Crippen MR) is 84.3 cm³/mol. The monoisotopic (exact) mass is 369 g/mol. The second-order valence-electron chi connectivity index (χ2n) is 4.18. The molecule has 0 fully saturated rings. The molecule has 21 heavy (non-hydrogen) atoms. The molecule has 5 nitrogen and oxygen atoms in total. The molecule has 0 spiro atoms. The highest BCUT2D eigenvalue weighted by Crippen LogP contribution is 2.33. The first-order valence-corrected chi connectivity index (χ1v) is 7.81. The van der Waals surface area contributed by atoms with Gasteiger partial charge in [0.2, 0.25) is 5.78 Å². The highest BCUT2D eigenvalue weighted by atomic mass is 79.9. The molecule has 0 amide bonds. The summed E-state index contributed by atoms with van der Waals surface area (Å²) in [5.74, 6) is 0.142. The zero-order valence-corrected chi connectivity index (χ0v) is 13.6. The number of carbonyl (C=O) groups excluding carboxylic acids is 1. The quantitative estimate of drug-likeness (QED) is 0.433. The summed E-state index contributed by atoms with van der Waals surface area (Å²) in [4.78, 5) is 24.1. The summed E-state index contributed by atoms with van der Waals surface area (Å²) in [6.07, 6.45) is 0.884. The summed E-state index contributed by atoms with van der Waals surface area (Å²) in [6, 6.07) is 8.16. The molecule has 1 heterocycles. The van der Waals surface area contributed by atoms with Gasteiger partial charge >= 0.3 is 0 Å². The van der Waals surface area contributed by atoms with Gasteiger partial charge in [0, 0.05) is 10.9 Å². The largest absolute Gasteiger partial charge is 0.484 e. The zero-order valence-electron chi connectivity index (χ0n) is 11.2. The van der Waals surface area contributed by atoms with E-state index in [2.05, 4.69) is 15.9 Å². The van der Waals surface area contributed by atoms with Gasteiger partial charge in [-0.05, 0) is 40.5 Å². The third kappa shape index (κ3) is 3.68. The number of aryl methyl sites for hydroxylation is 1. The van der Waals surface area contributed by atoms with E-state index in [0.717, 1.165) is 11.3 Å². The molecule has 0 saturated heterocycles. The van der Waals surface area contributed by atoms with Gasteiger partial charge in [-0.25, -0.2) is 0 Å². The third-order valence-corrected chi connectivity index (χ3v) is 4.85. The van der Waals surface area contributed by atoms with Gasteiger partial charge in [0.25, 0.3) is 5.69 Å². The Morgan fingerprint density at radius 2 is 2.14 bits per heavy atom. The first-order valence-electron chi connectivity index (χ1n) is 6.20. The standard InChI is InChI=1S/C14H12BrNO4S/c1-2-9-6-7-13(21-9)11(17)8-20-12-5-3-4-10(14(12)15)16(18)19/h3-7H,2,8H2,1H3. The van der Waals surface area contributed by atoms with Crippen molar-refractivity contribution >= 4 is 38.7 Å². The van der Waals surface area contributed by atoms with Crippen LogP contribution in [0.4, 0.5) is 5.69 Å².